The highest BCUT2D eigenvalue weighted by atomic mass is 16.5. The van der Waals surface area contributed by atoms with Crippen molar-refractivity contribution in [3.63, 3.8) is 0 Å². The number of hydrogen-bond acceptors (Lipinski definition) is 3. The second-order valence-electron chi connectivity index (χ2n) is 3.64. The summed E-state index contributed by atoms with van der Waals surface area (Å²) in [6, 6.07) is 0.566. The van der Waals surface area contributed by atoms with Crippen molar-refractivity contribution in [1.29, 1.82) is 5.41 Å². The van der Waals surface area contributed by atoms with Gasteiger partial charge in [0.25, 0.3) is 0 Å². The van der Waals surface area contributed by atoms with E-state index < -0.39 is 0 Å². The summed E-state index contributed by atoms with van der Waals surface area (Å²) >= 11 is 0. The third-order valence-corrected chi connectivity index (χ3v) is 2.83. The predicted octanol–water partition coefficient (Wildman–Crippen LogP) is 0.422. The van der Waals surface area contributed by atoms with Crippen LogP contribution in [-0.2, 0) is 4.74 Å². The van der Waals surface area contributed by atoms with E-state index in [1.54, 1.807) is 0 Å². The van der Waals surface area contributed by atoms with Crippen LogP contribution in [0.4, 0.5) is 0 Å². The molecule has 0 aromatic heterocycles. The minimum atomic E-state index is 0.0445. The van der Waals surface area contributed by atoms with Crippen LogP contribution in [0.5, 0.6) is 0 Å². The van der Waals surface area contributed by atoms with E-state index in [-0.39, 0.29) is 11.9 Å². The molecule has 1 heterocycles. The van der Waals surface area contributed by atoms with Crippen LogP contribution >= 0.6 is 0 Å². The molecular weight excluding hydrogens is 166 g/mol. The van der Waals surface area contributed by atoms with Crippen molar-refractivity contribution in [2.45, 2.75) is 31.8 Å². The molecule has 0 amide bonds. The van der Waals surface area contributed by atoms with Gasteiger partial charge in [0.2, 0.25) is 0 Å². The van der Waals surface area contributed by atoms with Gasteiger partial charge in [0.05, 0.1) is 6.04 Å². The minimum absolute atomic E-state index is 0.0445. The van der Waals surface area contributed by atoms with Crippen LogP contribution in [0.3, 0.4) is 0 Å². The average Bonchev–Trinajstić information content (AvgIpc) is 2.17. The first-order valence-corrected chi connectivity index (χ1v) is 4.76. The Morgan fingerprint density at radius 2 is 2.08 bits per heavy atom. The van der Waals surface area contributed by atoms with E-state index in [0.29, 0.717) is 6.04 Å². The van der Waals surface area contributed by atoms with E-state index in [0.717, 1.165) is 26.1 Å². The highest BCUT2D eigenvalue weighted by Gasteiger charge is 2.23. The summed E-state index contributed by atoms with van der Waals surface area (Å²) in [5.41, 5.74) is 5.45. The Morgan fingerprint density at radius 1 is 1.54 bits per heavy atom. The molecule has 0 saturated carbocycles. The molecule has 1 aliphatic heterocycles. The molecule has 0 aromatic carbocycles. The SMILES string of the molecule is CC(C(=N)N)N(C)C1CCOCC1. The van der Waals surface area contributed by atoms with Crippen LogP contribution < -0.4 is 5.73 Å². The lowest BCUT2D eigenvalue weighted by Crippen LogP contribution is -2.47. The highest BCUT2D eigenvalue weighted by molar-refractivity contribution is 5.82. The third kappa shape index (κ3) is 2.67. The van der Waals surface area contributed by atoms with Gasteiger partial charge < -0.3 is 10.5 Å². The minimum Gasteiger partial charge on any atom is -0.386 e. The fourth-order valence-electron chi connectivity index (χ4n) is 1.63. The van der Waals surface area contributed by atoms with Crippen molar-refractivity contribution in [2.24, 2.45) is 5.73 Å². The van der Waals surface area contributed by atoms with Crippen LogP contribution in [0.1, 0.15) is 19.8 Å². The maximum absolute atomic E-state index is 7.35. The largest absolute Gasteiger partial charge is 0.386 e. The number of rotatable bonds is 3. The number of ether oxygens (including phenoxy) is 1. The molecular formula is C9H19N3O. The maximum atomic E-state index is 7.35. The monoisotopic (exact) mass is 185 g/mol. The Hall–Kier alpha value is -0.610. The van der Waals surface area contributed by atoms with Crippen LogP contribution in [0.25, 0.3) is 0 Å². The van der Waals surface area contributed by atoms with Gasteiger partial charge in [0.1, 0.15) is 5.84 Å². The van der Waals surface area contributed by atoms with Crippen molar-refractivity contribution in [3.8, 4) is 0 Å². The maximum Gasteiger partial charge on any atom is 0.108 e. The summed E-state index contributed by atoms with van der Waals surface area (Å²) in [4.78, 5) is 2.17. The zero-order valence-corrected chi connectivity index (χ0v) is 8.42. The second-order valence-corrected chi connectivity index (χ2v) is 3.64. The first kappa shape index (κ1) is 10.5. The molecule has 1 atom stereocenters. The lowest BCUT2D eigenvalue weighted by atomic mass is 10.1. The molecule has 0 aromatic rings. The summed E-state index contributed by atoms with van der Waals surface area (Å²) in [6.45, 7) is 3.64. The van der Waals surface area contributed by atoms with Gasteiger partial charge >= 0.3 is 0 Å². The van der Waals surface area contributed by atoms with E-state index in [4.69, 9.17) is 15.9 Å². The molecule has 3 N–H and O–H groups in total. The van der Waals surface area contributed by atoms with Crippen molar-refractivity contribution in [3.05, 3.63) is 0 Å². The zero-order chi connectivity index (χ0) is 9.84. The van der Waals surface area contributed by atoms with E-state index in [1.807, 2.05) is 14.0 Å². The second kappa shape index (κ2) is 4.58. The molecule has 1 unspecified atom stereocenters. The number of amidine groups is 1. The first-order chi connectivity index (χ1) is 6.13. The summed E-state index contributed by atoms with van der Waals surface area (Å²) in [5, 5.41) is 7.35. The molecule has 1 aliphatic rings. The Bertz CT molecular complexity index is 178. The Labute approximate surface area is 79.6 Å². The van der Waals surface area contributed by atoms with E-state index in [1.165, 1.54) is 0 Å². The lowest BCUT2D eigenvalue weighted by Gasteiger charge is -2.34. The van der Waals surface area contributed by atoms with Gasteiger partial charge in [-0.3, -0.25) is 10.3 Å². The summed E-state index contributed by atoms with van der Waals surface area (Å²) < 4.78 is 5.28. The predicted molar refractivity (Wildman–Crippen MR) is 53.0 cm³/mol. The lowest BCUT2D eigenvalue weighted by molar-refractivity contribution is 0.0389. The molecule has 0 spiro atoms. The third-order valence-electron chi connectivity index (χ3n) is 2.83. The molecule has 0 radical (unpaired) electrons. The Kier molecular flexibility index (Phi) is 3.69. The first-order valence-electron chi connectivity index (χ1n) is 4.76. The number of nitrogens with one attached hydrogen (secondary N) is 1. The summed E-state index contributed by atoms with van der Waals surface area (Å²) in [7, 11) is 2.03. The van der Waals surface area contributed by atoms with Crippen molar-refractivity contribution in [2.75, 3.05) is 20.3 Å². The number of nitrogens with zero attached hydrogens (tertiary/aromatic N) is 1. The quantitative estimate of drug-likeness (QED) is 0.495. The number of nitrogens with two attached hydrogens (primary N) is 1. The molecule has 1 fully saturated rings. The van der Waals surface area contributed by atoms with Crippen LogP contribution in [0.15, 0.2) is 0 Å². The van der Waals surface area contributed by atoms with Crippen molar-refractivity contribution in [1.82, 2.24) is 4.90 Å². The van der Waals surface area contributed by atoms with E-state index in [2.05, 4.69) is 4.90 Å². The van der Waals surface area contributed by atoms with Crippen LogP contribution in [0, 0.1) is 5.41 Å². The Balaban J connectivity index is 2.44. The molecule has 1 saturated heterocycles. The summed E-state index contributed by atoms with van der Waals surface area (Å²) in [6.07, 6.45) is 2.10. The Morgan fingerprint density at radius 3 is 2.54 bits per heavy atom. The standard InChI is InChI=1S/C9H19N3O/c1-7(9(10)11)12(2)8-3-5-13-6-4-8/h7-8H,3-6H2,1-2H3,(H3,10,11). The van der Waals surface area contributed by atoms with Crippen LogP contribution in [-0.4, -0.2) is 43.1 Å². The average molecular weight is 185 g/mol. The van der Waals surface area contributed by atoms with Gasteiger partial charge in [0.15, 0.2) is 0 Å². The van der Waals surface area contributed by atoms with E-state index >= 15 is 0 Å². The zero-order valence-electron chi connectivity index (χ0n) is 8.42. The van der Waals surface area contributed by atoms with Crippen molar-refractivity contribution >= 4 is 5.84 Å². The van der Waals surface area contributed by atoms with E-state index in [9.17, 15) is 0 Å². The molecule has 1 rings (SSSR count). The highest BCUT2D eigenvalue weighted by Crippen LogP contribution is 2.14. The molecule has 13 heavy (non-hydrogen) atoms. The van der Waals surface area contributed by atoms with Gasteiger partial charge in [-0.25, -0.2) is 0 Å². The smallest absolute Gasteiger partial charge is 0.108 e. The van der Waals surface area contributed by atoms with Gasteiger partial charge in [-0.05, 0) is 26.8 Å². The van der Waals surface area contributed by atoms with Crippen LogP contribution in [0.2, 0.25) is 0 Å². The van der Waals surface area contributed by atoms with Crippen molar-refractivity contribution < 1.29 is 4.74 Å². The summed E-state index contributed by atoms with van der Waals surface area (Å²) in [5.74, 6) is 0.244. The molecule has 0 bridgehead atoms. The van der Waals surface area contributed by atoms with Gasteiger partial charge in [-0.2, -0.15) is 0 Å². The van der Waals surface area contributed by atoms with Gasteiger partial charge in [-0.1, -0.05) is 0 Å². The number of hydrogen-bond donors (Lipinski definition) is 2. The topological polar surface area (TPSA) is 62.3 Å². The van der Waals surface area contributed by atoms with Gasteiger partial charge in [0, 0.05) is 19.3 Å². The molecule has 4 heteroatoms. The molecule has 0 aliphatic carbocycles. The fraction of sp³-hybridized carbons (Fsp3) is 0.889. The molecule has 4 nitrogen and oxygen atoms in total. The van der Waals surface area contributed by atoms with Gasteiger partial charge in [-0.15, -0.1) is 0 Å². The normalized spacial score (nSPS) is 21.8. The molecule has 76 valence electrons. The fourth-order valence-corrected chi connectivity index (χ4v) is 1.63. The number of likely N-dealkylation sites (N-methyl/N-ethyl adjacent to an activating group) is 1.